The predicted molar refractivity (Wildman–Crippen MR) is 84.4 cm³/mol. The molecule has 120 valence electrons. The summed E-state index contributed by atoms with van der Waals surface area (Å²) in [4.78, 5) is 27.5. The van der Waals surface area contributed by atoms with E-state index in [0.29, 0.717) is 17.5 Å². The Morgan fingerprint density at radius 1 is 1.41 bits per heavy atom. The minimum absolute atomic E-state index is 0. The summed E-state index contributed by atoms with van der Waals surface area (Å²) in [5.41, 5.74) is 1.91. The summed E-state index contributed by atoms with van der Waals surface area (Å²) in [7, 11) is 0. The largest absolute Gasteiger partial charge is 0.480 e. The molecule has 0 saturated heterocycles. The molecule has 0 spiro atoms. The second-order valence-corrected chi connectivity index (χ2v) is 4.95. The summed E-state index contributed by atoms with van der Waals surface area (Å²) < 4.78 is 5.40. The number of nitrogens with zero attached hydrogens (tertiary/aromatic N) is 1. The molecule has 2 aromatic heterocycles. The molecule has 22 heavy (non-hydrogen) atoms. The van der Waals surface area contributed by atoms with Gasteiger partial charge in [-0.3, -0.25) is 4.79 Å². The molecule has 0 fully saturated rings. The maximum Gasteiger partial charge on any atom is 0.326 e. The number of rotatable bonds is 6. The second-order valence-electron chi connectivity index (χ2n) is 4.95. The van der Waals surface area contributed by atoms with Crippen LogP contribution in [-0.4, -0.2) is 28.0 Å². The number of unbranched alkanes of at least 4 members (excludes halogenated alkanes) is 1. The number of carbonyl (C=O) groups excluding carboxylic acids is 1. The monoisotopic (exact) mass is 326 g/mol. The van der Waals surface area contributed by atoms with E-state index in [9.17, 15) is 9.59 Å². The van der Waals surface area contributed by atoms with Crippen LogP contribution in [0.4, 0.5) is 0 Å². The maximum absolute atomic E-state index is 12.1. The molecule has 7 heteroatoms. The standard InChI is InChI=1S/C15H18N2O4.ClH/c1-3-4-5-10(15(19)20)17-14(18)13-8-11-12(21-13)7-6-9(2)16-11;/h6-8,10H,3-5H2,1-2H3,(H,17,18)(H,19,20);1H/t10-;/m0./s1. The van der Waals surface area contributed by atoms with E-state index >= 15 is 0 Å². The average Bonchev–Trinajstić information content (AvgIpc) is 2.85. The van der Waals surface area contributed by atoms with Gasteiger partial charge in [0.25, 0.3) is 5.91 Å². The number of carbonyl (C=O) groups is 2. The first-order valence-corrected chi connectivity index (χ1v) is 6.92. The zero-order valence-electron chi connectivity index (χ0n) is 12.5. The van der Waals surface area contributed by atoms with Gasteiger partial charge >= 0.3 is 5.97 Å². The first kappa shape index (κ1) is 18.0. The first-order valence-electron chi connectivity index (χ1n) is 6.92. The van der Waals surface area contributed by atoms with Crippen molar-refractivity contribution >= 4 is 35.4 Å². The lowest BCUT2D eigenvalue weighted by atomic mass is 10.1. The van der Waals surface area contributed by atoms with Gasteiger partial charge in [0, 0.05) is 11.8 Å². The molecule has 1 atom stereocenters. The van der Waals surface area contributed by atoms with Crippen molar-refractivity contribution in [1.29, 1.82) is 0 Å². The number of amides is 1. The van der Waals surface area contributed by atoms with Crippen LogP contribution in [0.1, 0.15) is 42.4 Å². The number of nitrogens with one attached hydrogen (secondary N) is 1. The Hall–Kier alpha value is -2.08. The van der Waals surface area contributed by atoms with Gasteiger partial charge in [0.1, 0.15) is 11.6 Å². The van der Waals surface area contributed by atoms with Crippen LogP contribution < -0.4 is 5.32 Å². The Labute approximate surface area is 134 Å². The summed E-state index contributed by atoms with van der Waals surface area (Å²) in [5.74, 6) is -1.50. The zero-order valence-corrected chi connectivity index (χ0v) is 13.3. The van der Waals surface area contributed by atoms with Crippen LogP contribution in [0.15, 0.2) is 22.6 Å². The molecule has 1 amide bonds. The van der Waals surface area contributed by atoms with Gasteiger partial charge in [0.15, 0.2) is 11.3 Å². The van der Waals surface area contributed by atoms with Crippen molar-refractivity contribution in [2.45, 2.75) is 39.2 Å². The van der Waals surface area contributed by atoms with Crippen LogP contribution >= 0.6 is 12.4 Å². The van der Waals surface area contributed by atoms with Crippen LogP contribution in [0.25, 0.3) is 11.1 Å². The van der Waals surface area contributed by atoms with Crippen molar-refractivity contribution in [2.75, 3.05) is 0 Å². The molecular formula is C15H19ClN2O4. The lowest BCUT2D eigenvalue weighted by Gasteiger charge is -2.12. The summed E-state index contributed by atoms with van der Waals surface area (Å²) in [5, 5.41) is 11.6. The quantitative estimate of drug-likeness (QED) is 0.851. The van der Waals surface area contributed by atoms with Gasteiger partial charge in [-0.1, -0.05) is 19.8 Å². The molecule has 0 unspecified atom stereocenters. The SMILES string of the molecule is CCCC[C@H](NC(=O)c1cc2nc(C)ccc2o1)C(=O)O.Cl. The van der Waals surface area contributed by atoms with E-state index in [1.54, 1.807) is 12.1 Å². The molecule has 0 bridgehead atoms. The zero-order chi connectivity index (χ0) is 15.4. The van der Waals surface area contributed by atoms with Crippen LogP contribution in [0, 0.1) is 6.92 Å². The molecule has 0 saturated carbocycles. The topological polar surface area (TPSA) is 92.4 Å². The fourth-order valence-electron chi connectivity index (χ4n) is 2.03. The van der Waals surface area contributed by atoms with Crippen molar-refractivity contribution in [3.8, 4) is 0 Å². The Balaban J connectivity index is 0.00000242. The lowest BCUT2D eigenvalue weighted by Crippen LogP contribution is -2.40. The van der Waals surface area contributed by atoms with Crippen LogP contribution in [0.2, 0.25) is 0 Å². The van der Waals surface area contributed by atoms with Crippen molar-refractivity contribution in [3.05, 3.63) is 29.7 Å². The van der Waals surface area contributed by atoms with Crippen molar-refractivity contribution in [1.82, 2.24) is 10.3 Å². The number of aliphatic carboxylic acids is 1. The normalized spacial score (nSPS) is 11.7. The molecule has 2 N–H and O–H groups in total. The van der Waals surface area contributed by atoms with E-state index in [1.165, 1.54) is 6.07 Å². The third kappa shape index (κ3) is 4.21. The molecule has 0 aromatic carbocycles. The van der Waals surface area contributed by atoms with Gasteiger partial charge in [-0.15, -0.1) is 12.4 Å². The van der Waals surface area contributed by atoms with Gasteiger partial charge in [0.2, 0.25) is 0 Å². The highest BCUT2D eigenvalue weighted by atomic mass is 35.5. The number of furan rings is 1. The Morgan fingerprint density at radius 2 is 2.14 bits per heavy atom. The molecule has 0 aliphatic carbocycles. The molecular weight excluding hydrogens is 308 g/mol. The molecule has 0 radical (unpaired) electrons. The van der Waals surface area contributed by atoms with E-state index in [4.69, 9.17) is 9.52 Å². The molecule has 2 rings (SSSR count). The maximum atomic E-state index is 12.1. The van der Waals surface area contributed by atoms with Gasteiger partial charge in [0.05, 0.1) is 0 Å². The van der Waals surface area contributed by atoms with E-state index in [2.05, 4.69) is 10.3 Å². The minimum atomic E-state index is -1.04. The van der Waals surface area contributed by atoms with Gasteiger partial charge in [-0.25, -0.2) is 9.78 Å². The Kier molecular flexibility index (Phi) is 6.37. The number of hydrogen-bond acceptors (Lipinski definition) is 4. The van der Waals surface area contributed by atoms with Crippen LogP contribution in [0.5, 0.6) is 0 Å². The van der Waals surface area contributed by atoms with Gasteiger partial charge < -0.3 is 14.8 Å². The molecule has 0 aliphatic heterocycles. The third-order valence-electron chi connectivity index (χ3n) is 3.19. The fraction of sp³-hybridized carbons (Fsp3) is 0.400. The third-order valence-corrected chi connectivity index (χ3v) is 3.19. The average molecular weight is 327 g/mol. The number of pyridine rings is 1. The molecule has 2 heterocycles. The van der Waals surface area contributed by atoms with Gasteiger partial charge in [-0.05, 0) is 25.5 Å². The molecule has 6 nitrogen and oxygen atoms in total. The molecule has 0 aliphatic rings. The molecule has 2 aromatic rings. The number of aromatic nitrogens is 1. The van der Waals surface area contributed by atoms with E-state index in [-0.39, 0.29) is 18.2 Å². The summed E-state index contributed by atoms with van der Waals surface area (Å²) in [6, 6.07) is 4.14. The summed E-state index contributed by atoms with van der Waals surface area (Å²) >= 11 is 0. The minimum Gasteiger partial charge on any atom is -0.480 e. The second kappa shape index (κ2) is 7.79. The highest BCUT2D eigenvalue weighted by molar-refractivity contribution is 5.97. The highest BCUT2D eigenvalue weighted by Crippen LogP contribution is 2.18. The number of aryl methyl sites for hydroxylation is 1. The van der Waals surface area contributed by atoms with E-state index in [0.717, 1.165) is 18.5 Å². The van der Waals surface area contributed by atoms with E-state index < -0.39 is 17.9 Å². The number of halogens is 1. The Morgan fingerprint density at radius 3 is 2.77 bits per heavy atom. The summed E-state index contributed by atoms with van der Waals surface area (Å²) in [6.45, 7) is 3.81. The van der Waals surface area contributed by atoms with Crippen LogP contribution in [0.3, 0.4) is 0 Å². The van der Waals surface area contributed by atoms with Crippen molar-refractivity contribution in [2.24, 2.45) is 0 Å². The Bertz CT molecular complexity index is 669. The predicted octanol–water partition coefficient (Wildman–Crippen LogP) is 2.93. The first-order chi connectivity index (χ1) is 10.0. The lowest BCUT2D eigenvalue weighted by molar-refractivity contribution is -0.139. The van der Waals surface area contributed by atoms with E-state index in [1.807, 2.05) is 13.8 Å². The fourth-order valence-corrected chi connectivity index (χ4v) is 2.03. The number of carboxylic acids is 1. The van der Waals surface area contributed by atoms with Gasteiger partial charge in [-0.2, -0.15) is 0 Å². The number of hydrogen-bond donors (Lipinski definition) is 2. The highest BCUT2D eigenvalue weighted by Gasteiger charge is 2.22. The number of fused-ring (bicyclic) bond motifs is 1. The van der Waals surface area contributed by atoms with Crippen LogP contribution in [-0.2, 0) is 4.79 Å². The number of carboxylic acid groups (broad SMARTS) is 1. The van der Waals surface area contributed by atoms with Crippen molar-refractivity contribution in [3.63, 3.8) is 0 Å². The summed E-state index contributed by atoms with van der Waals surface area (Å²) in [6.07, 6.45) is 2.00. The van der Waals surface area contributed by atoms with Crippen molar-refractivity contribution < 1.29 is 19.1 Å². The smallest absolute Gasteiger partial charge is 0.326 e.